The Kier molecular flexibility index (Phi) is 3.77. The number of fused-ring (bicyclic) bond motifs is 2. The minimum Gasteiger partial charge on any atom is -0.477 e. The lowest BCUT2D eigenvalue weighted by atomic mass is 9.85. The van der Waals surface area contributed by atoms with E-state index in [1.807, 2.05) is 19.1 Å². The van der Waals surface area contributed by atoms with Crippen molar-refractivity contribution in [3.63, 3.8) is 0 Å². The molecule has 0 bridgehead atoms. The molecule has 0 aliphatic carbocycles. The number of carboxylic acid groups (broad SMARTS) is 1. The van der Waals surface area contributed by atoms with Crippen LogP contribution in [0.5, 0.6) is 0 Å². The Bertz CT molecular complexity index is 781. The number of aryl methyl sites for hydroxylation is 1. The number of hydrogen-bond acceptors (Lipinski definition) is 6. The Balaban J connectivity index is 1.58. The molecule has 0 radical (unpaired) electrons. The number of rotatable bonds is 2. The van der Waals surface area contributed by atoms with E-state index in [4.69, 9.17) is 4.74 Å². The number of aromatic carboxylic acids is 1. The van der Waals surface area contributed by atoms with Crippen LogP contribution in [0, 0.1) is 6.92 Å². The largest absolute Gasteiger partial charge is 0.477 e. The monoisotopic (exact) mass is 345 g/mol. The van der Waals surface area contributed by atoms with E-state index < -0.39 is 5.97 Å². The fraction of sp³-hybridized carbons (Fsp3) is 0.471. The van der Waals surface area contributed by atoms with Crippen molar-refractivity contribution >= 4 is 23.3 Å². The summed E-state index contributed by atoms with van der Waals surface area (Å²) in [7, 11) is 0. The third kappa shape index (κ3) is 2.57. The number of carboxylic acids is 1. The van der Waals surface area contributed by atoms with Gasteiger partial charge in [-0.05, 0) is 43.9 Å². The molecule has 2 aromatic rings. The lowest BCUT2D eigenvalue weighted by molar-refractivity contribution is -0.0736. The third-order valence-electron chi connectivity index (χ3n) is 4.82. The number of aromatic nitrogens is 2. The number of ether oxygens (including phenoxy) is 1. The van der Waals surface area contributed by atoms with Gasteiger partial charge in [0.05, 0.1) is 6.61 Å². The van der Waals surface area contributed by atoms with Crippen LogP contribution in [-0.2, 0) is 16.8 Å². The van der Waals surface area contributed by atoms with Gasteiger partial charge in [-0.25, -0.2) is 14.8 Å². The van der Waals surface area contributed by atoms with Crippen LogP contribution in [0.2, 0.25) is 0 Å². The molecule has 24 heavy (non-hydrogen) atoms. The van der Waals surface area contributed by atoms with Crippen LogP contribution in [-0.4, -0.2) is 40.7 Å². The number of hydrogen-bond donors (Lipinski definition) is 1. The molecule has 1 saturated heterocycles. The van der Waals surface area contributed by atoms with E-state index in [0.717, 1.165) is 54.4 Å². The summed E-state index contributed by atoms with van der Waals surface area (Å²) >= 11 is 1.37. The van der Waals surface area contributed by atoms with Gasteiger partial charge in [-0.3, -0.25) is 0 Å². The van der Waals surface area contributed by atoms with Crippen molar-refractivity contribution in [3.05, 3.63) is 39.3 Å². The molecule has 1 N–H and O–H groups in total. The normalized spacial score (nSPS) is 19.3. The molecule has 0 amide bonds. The highest BCUT2D eigenvalue weighted by Crippen LogP contribution is 2.45. The van der Waals surface area contributed by atoms with E-state index in [-0.39, 0.29) is 5.60 Å². The van der Waals surface area contributed by atoms with Crippen LogP contribution in [0.1, 0.15) is 38.6 Å². The summed E-state index contributed by atoms with van der Waals surface area (Å²) in [5, 5.41) is 9.28. The van der Waals surface area contributed by atoms with Crippen molar-refractivity contribution in [1.29, 1.82) is 0 Å². The second-order valence-electron chi connectivity index (χ2n) is 6.35. The minimum absolute atomic E-state index is 0.341. The van der Waals surface area contributed by atoms with Gasteiger partial charge in [0.1, 0.15) is 10.5 Å². The molecule has 126 valence electrons. The fourth-order valence-corrected chi connectivity index (χ4v) is 4.80. The SMILES string of the molecule is Cc1ccnc(N2CCC3(CC2)OCCc2cc(C(=O)O)sc23)n1. The standard InChI is InChI=1S/C17H19N3O3S/c1-11-2-6-18-16(19-11)20-7-4-17(5-8-20)14-12(3-9-23-17)10-13(24-14)15(21)22/h2,6,10H,3-5,7-9H2,1H3,(H,21,22). The Morgan fingerprint density at radius 2 is 2.21 bits per heavy atom. The third-order valence-corrected chi connectivity index (χ3v) is 6.17. The Labute approximate surface area is 144 Å². The lowest BCUT2D eigenvalue weighted by Gasteiger charge is -2.43. The zero-order chi connectivity index (χ0) is 16.7. The number of carbonyl (C=O) groups is 1. The molecule has 4 heterocycles. The predicted molar refractivity (Wildman–Crippen MR) is 90.8 cm³/mol. The highest BCUT2D eigenvalue weighted by molar-refractivity contribution is 7.14. The molecule has 0 saturated carbocycles. The van der Waals surface area contributed by atoms with Gasteiger partial charge >= 0.3 is 5.97 Å². The van der Waals surface area contributed by atoms with E-state index >= 15 is 0 Å². The van der Waals surface area contributed by atoms with Crippen LogP contribution >= 0.6 is 11.3 Å². The summed E-state index contributed by atoms with van der Waals surface area (Å²) < 4.78 is 6.18. The summed E-state index contributed by atoms with van der Waals surface area (Å²) in [6.07, 6.45) is 4.25. The smallest absolute Gasteiger partial charge is 0.345 e. The maximum atomic E-state index is 11.3. The topological polar surface area (TPSA) is 75.6 Å². The summed E-state index contributed by atoms with van der Waals surface area (Å²) in [5.41, 5.74) is 1.76. The van der Waals surface area contributed by atoms with Crippen LogP contribution in [0.4, 0.5) is 5.95 Å². The van der Waals surface area contributed by atoms with Gasteiger partial charge in [0.15, 0.2) is 0 Å². The molecule has 2 aromatic heterocycles. The van der Waals surface area contributed by atoms with Gasteiger partial charge in [-0.1, -0.05) is 0 Å². The van der Waals surface area contributed by atoms with Crippen molar-refractivity contribution < 1.29 is 14.6 Å². The van der Waals surface area contributed by atoms with Crippen LogP contribution in [0.3, 0.4) is 0 Å². The second kappa shape index (κ2) is 5.82. The molecule has 1 spiro atoms. The first kappa shape index (κ1) is 15.5. The molecule has 6 nitrogen and oxygen atoms in total. The number of piperidine rings is 1. The van der Waals surface area contributed by atoms with E-state index in [9.17, 15) is 9.90 Å². The number of thiophene rings is 1. The molecule has 0 unspecified atom stereocenters. The zero-order valence-corrected chi connectivity index (χ0v) is 14.3. The molecule has 7 heteroatoms. The summed E-state index contributed by atoms with van der Waals surface area (Å²) in [4.78, 5) is 23.9. The van der Waals surface area contributed by atoms with Crippen molar-refractivity contribution in [3.8, 4) is 0 Å². The molecule has 2 aliphatic rings. The van der Waals surface area contributed by atoms with Crippen LogP contribution in [0.15, 0.2) is 18.3 Å². The molecule has 0 aromatic carbocycles. The highest BCUT2D eigenvalue weighted by atomic mass is 32.1. The summed E-state index contributed by atoms with van der Waals surface area (Å²) in [5.74, 6) is -0.0894. The van der Waals surface area contributed by atoms with E-state index in [1.165, 1.54) is 11.3 Å². The molecule has 1 fully saturated rings. The Hall–Kier alpha value is -1.99. The average Bonchev–Trinajstić information content (AvgIpc) is 3.02. The zero-order valence-electron chi connectivity index (χ0n) is 13.5. The first-order valence-corrected chi connectivity index (χ1v) is 8.94. The van der Waals surface area contributed by atoms with Gasteiger partial charge in [0.25, 0.3) is 0 Å². The highest BCUT2D eigenvalue weighted by Gasteiger charge is 2.43. The van der Waals surface area contributed by atoms with Gasteiger partial charge in [-0.2, -0.15) is 0 Å². The van der Waals surface area contributed by atoms with Gasteiger partial charge in [0.2, 0.25) is 5.95 Å². The van der Waals surface area contributed by atoms with E-state index in [1.54, 1.807) is 6.20 Å². The van der Waals surface area contributed by atoms with Crippen molar-refractivity contribution in [1.82, 2.24) is 9.97 Å². The van der Waals surface area contributed by atoms with E-state index in [2.05, 4.69) is 14.9 Å². The van der Waals surface area contributed by atoms with E-state index in [0.29, 0.717) is 11.5 Å². The molecular weight excluding hydrogens is 326 g/mol. The quantitative estimate of drug-likeness (QED) is 0.902. The number of nitrogens with zero attached hydrogens (tertiary/aromatic N) is 3. The Morgan fingerprint density at radius 1 is 1.42 bits per heavy atom. The second-order valence-corrected chi connectivity index (χ2v) is 7.40. The molecule has 4 rings (SSSR count). The van der Waals surface area contributed by atoms with Crippen molar-refractivity contribution in [2.24, 2.45) is 0 Å². The van der Waals surface area contributed by atoms with Crippen LogP contribution in [0.25, 0.3) is 0 Å². The Morgan fingerprint density at radius 3 is 2.92 bits per heavy atom. The first-order valence-electron chi connectivity index (χ1n) is 8.12. The minimum atomic E-state index is -0.852. The molecular formula is C17H19N3O3S. The number of anilines is 1. The lowest BCUT2D eigenvalue weighted by Crippen LogP contribution is -2.46. The van der Waals surface area contributed by atoms with Crippen molar-refractivity contribution in [2.45, 2.75) is 31.8 Å². The molecule has 2 aliphatic heterocycles. The van der Waals surface area contributed by atoms with Gasteiger partial charge in [-0.15, -0.1) is 11.3 Å². The van der Waals surface area contributed by atoms with Gasteiger partial charge < -0.3 is 14.7 Å². The summed E-state index contributed by atoms with van der Waals surface area (Å²) in [6, 6.07) is 3.72. The fourth-order valence-electron chi connectivity index (χ4n) is 3.55. The maximum absolute atomic E-state index is 11.3. The van der Waals surface area contributed by atoms with Crippen LogP contribution < -0.4 is 4.90 Å². The summed E-state index contributed by atoms with van der Waals surface area (Å²) in [6.45, 7) is 4.24. The molecule has 0 atom stereocenters. The predicted octanol–water partition coefficient (Wildman–Crippen LogP) is 2.61. The van der Waals surface area contributed by atoms with Gasteiger partial charge in [0, 0.05) is 29.9 Å². The maximum Gasteiger partial charge on any atom is 0.345 e. The average molecular weight is 345 g/mol. The van der Waals surface area contributed by atoms with Crippen molar-refractivity contribution in [2.75, 3.05) is 24.6 Å². The first-order chi connectivity index (χ1) is 11.6.